The molecule has 47 heavy (non-hydrogen) atoms. The van der Waals surface area contributed by atoms with Gasteiger partial charge in [-0.05, 0) is 73.3 Å². The van der Waals surface area contributed by atoms with Crippen molar-refractivity contribution in [2.75, 3.05) is 46.8 Å². The van der Waals surface area contributed by atoms with Gasteiger partial charge in [-0.3, -0.25) is 0 Å². The average Bonchev–Trinajstić information content (AvgIpc) is 3.09. The van der Waals surface area contributed by atoms with Crippen molar-refractivity contribution < 1.29 is 38.0 Å². The standard InChI is InChI=1S/C39H52O8/c1-6-8-29-10-16-32(17-11-29)34-25-46-39(47-26-34)35-23-33(18-19-36(35)43-21-22-45-37(40)27(2)3)31-14-12-30(13-15-31)9-7-20-44-38(41)28(4)24-42-5/h12-15,18-19,23,29,32,34,39H,2,4,6-11,16-17,20-22,24-26H2,1,3,5H3. The first kappa shape index (κ1) is 36.4. The first-order valence-electron chi connectivity index (χ1n) is 17.0. The Hall–Kier alpha value is -3.46. The molecule has 2 aromatic carbocycles. The largest absolute Gasteiger partial charge is 0.490 e. The van der Waals surface area contributed by atoms with Gasteiger partial charge in [0.25, 0.3) is 0 Å². The van der Waals surface area contributed by atoms with Gasteiger partial charge in [0.15, 0.2) is 6.29 Å². The van der Waals surface area contributed by atoms with E-state index in [9.17, 15) is 9.59 Å². The summed E-state index contributed by atoms with van der Waals surface area (Å²) in [6.45, 7) is 13.3. The van der Waals surface area contributed by atoms with Crippen LogP contribution in [0.25, 0.3) is 11.1 Å². The molecular formula is C39H52O8. The maximum Gasteiger partial charge on any atom is 0.335 e. The Morgan fingerprint density at radius 1 is 0.851 bits per heavy atom. The van der Waals surface area contributed by atoms with Crippen molar-refractivity contribution in [3.63, 3.8) is 0 Å². The smallest absolute Gasteiger partial charge is 0.335 e. The van der Waals surface area contributed by atoms with E-state index in [1.54, 1.807) is 6.92 Å². The number of hydrogen-bond acceptors (Lipinski definition) is 8. The molecule has 0 aromatic heterocycles. The molecule has 8 nitrogen and oxygen atoms in total. The van der Waals surface area contributed by atoms with Crippen LogP contribution < -0.4 is 4.74 Å². The van der Waals surface area contributed by atoms with Crippen LogP contribution >= 0.6 is 0 Å². The molecule has 1 saturated heterocycles. The highest BCUT2D eigenvalue weighted by Gasteiger charge is 2.33. The summed E-state index contributed by atoms with van der Waals surface area (Å²) < 4.78 is 34.3. The zero-order valence-corrected chi connectivity index (χ0v) is 28.4. The molecule has 1 heterocycles. The fourth-order valence-electron chi connectivity index (χ4n) is 6.42. The summed E-state index contributed by atoms with van der Waals surface area (Å²) in [7, 11) is 1.52. The van der Waals surface area contributed by atoms with Crippen molar-refractivity contribution in [2.45, 2.75) is 71.5 Å². The van der Waals surface area contributed by atoms with Crippen molar-refractivity contribution in [3.05, 3.63) is 77.9 Å². The van der Waals surface area contributed by atoms with Crippen LogP contribution in [-0.4, -0.2) is 58.7 Å². The third-order valence-electron chi connectivity index (χ3n) is 9.10. The summed E-state index contributed by atoms with van der Waals surface area (Å²) in [5, 5.41) is 0. The monoisotopic (exact) mass is 648 g/mol. The summed E-state index contributed by atoms with van der Waals surface area (Å²) in [4.78, 5) is 23.7. The van der Waals surface area contributed by atoms with Crippen LogP contribution in [0.15, 0.2) is 66.8 Å². The van der Waals surface area contributed by atoms with E-state index in [0.717, 1.165) is 34.6 Å². The average molecular weight is 649 g/mol. The predicted molar refractivity (Wildman–Crippen MR) is 182 cm³/mol. The van der Waals surface area contributed by atoms with Crippen molar-refractivity contribution >= 4 is 11.9 Å². The number of carbonyl (C=O) groups excluding carboxylic acids is 2. The highest BCUT2D eigenvalue weighted by Crippen LogP contribution is 2.40. The van der Waals surface area contributed by atoms with Gasteiger partial charge in [0.05, 0.1) is 37.6 Å². The van der Waals surface area contributed by atoms with Crippen molar-refractivity contribution in [3.8, 4) is 16.9 Å². The number of hydrogen-bond donors (Lipinski definition) is 0. The molecule has 2 aliphatic rings. The molecule has 2 fully saturated rings. The van der Waals surface area contributed by atoms with Gasteiger partial charge < -0.3 is 28.4 Å². The number of carbonyl (C=O) groups is 2. The quantitative estimate of drug-likeness (QED) is 0.0976. The van der Waals surface area contributed by atoms with Crippen molar-refractivity contribution in [1.82, 2.24) is 0 Å². The molecule has 0 amide bonds. The predicted octanol–water partition coefficient (Wildman–Crippen LogP) is 7.80. The van der Waals surface area contributed by atoms with Gasteiger partial charge in [-0.1, -0.05) is 76.1 Å². The molecule has 1 saturated carbocycles. The molecular weight excluding hydrogens is 596 g/mol. The van der Waals surface area contributed by atoms with E-state index in [1.165, 1.54) is 45.6 Å². The highest BCUT2D eigenvalue weighted by atomic mass is 16.7. The molecule has 0 bridgehead atoms. The zero-order valence-electron chi connectivity index (χ0n) is 28.4. The lowest BCUT2D eigenvalue weighted by Crippen LogP contribution is -2.34. The second kappa shape index (κ2) is 18.8. The number of rotatable bonds is 17. The van der Waals surface area contributed by atoms with Crippen LogP contribution in [0.4, 0.5) is 0 Å². The van der Waals surface area contributed by atoms with Gasteiger partial charge in [0, 0.05) is 18.6 Å². The molecule has 1 aliphatic heterocycles. The van der Waals surface area contributed by atoms with Crippen molar-refractivity contribution in [1.29, 1.82) is 0 Å². The van der Waals surface area contributed by atoms with Gasteiger partial charge in [-0.2, -0.15) is 0 Å². The second-order valence-electron chi connectivity index (χ2n) is 12.8. The Balaban J connectivity index is 1.38. The fourth-order valence-corrected chi connectivity index (χ4v) is 6.42. The first-order valence-corrected chi connectivity index (χ1v) is 17.0. The minimum atomic E-state index is -0.544. The van der Waals surface area contributed by atoms with Gasteiger partial charge >= 0.3 is 11.9 Å². The Labute approximate surface area is 280 Å². The van der Waals surface area contributed by atoms with Gasteiger partial charge in [-0.25, -0.2) is 9.59 Å². The van der Waals surface area contributed by atoms with Gasteiger partial charge in [0.1, 0.15) is 19.0 Å². The number of ether oxygens (including phenoxy) is 6. The molecule has 0 atom stereocenters. The normalized spacial score (nSPS) is 21.1. The van der Waals surface area contributed by atoms with Crippen LogP contribution in [0, 0.1) is 17.8 Å². The zero-order chi connectivity index (χ0) is 33.6. The van der Waals surface area contributed by atoms with Gasteiger partial charge in [0.2, 0.25) is 0 Å². The molecule has 0 unspecified atom stereocenters. The molecule has 0 spiro atoms. The summed E-state index contributed by atoms with van der Waals surface area (Å²) in [5.41, 5.74) is 4.70. The Bertz CT molecular complexity index is 1320. The third-order valence-corrected chi connectivity index (χ3v) is 9.10. The summed E-state index contributed by atoms with van der Waals surface area (Å²) in [5.74, 6) is 1.71. The number of esters is 2. The van der Waals surface area contributed by atoms with E-state index in [0.29, 0.717) is 55.0 Å². The van der Waals surface area contributed by atoms with E-state index in [1.807, 2.05) is 12.1 Å². The fraction of sp³-hybridized carbons (Fsp3) is 0.538. The SMILES string of the molecule is C=C(C)C(=O)OCCOc1ccc(-c2ccc(CCCOC(=O)C(=C)COC)cc2)cc1C1OCC(C2CCC(CCC)CC2)CO1. The number of methoxy groups -OCH3 is 1. The van der Waals surface area contributed by atoms with Gasteiger partial charge in [-0.15, -0.1) is 0 Å². The van der Waals surface area contributed by atoms with E-state index < -0.39 is 18.2 Å². The maximum atomic E-state index is 11.9. The third kappa shape index (κ3) is 11.1. The molecule has 4 rings (SSSR count). The molecule has 2 aromatic rings. The summed E-state index contributed by atoms with van der Waals surface area (Å²) in [6.07, 6.45) is 8.68. The maximum absolute atomic E-state index is 11.9. The molecule has 1 aliphatic carbocycles. The van der Waals surface area contributed by atoms with Crippen LogP contribution in [0.1, 0.15) is 76.2 Å². The number of benzene rings is 2. The second-order valence-corrected chi connectivity index (χ2v) is 12.8. The summed E-state index contributed by atoms with van der Waals surface area (Å²) >= 11 is 0. The molecule has 0 radical (unpaired) electrons. The van der Waals surface area contributed by atoms with Crippen molar-refractivity contribution in [2.24, 2.45) is 17.8 Å². The lowest BCUT2D eigenvalue weighted by Gasteiger charge is -2.38. The Morgan fingerprint density at radius 3 is 2.19 bits per heavy atom. The number of aryl methyl sites for hydroxylation is 1. The molecule has 8 heteroatoms. The van der Waals surface area contributed by atoms with E-state index >= 15 is 0 Å². The highest BCUT2D eigenvalue weighted by molar-refractivity contribution is 5.88. The minimum absolute atomic E-state index is 0.116. The summed E-state index contributed by atoms with van der Waals surface area (Å²) in [6, 6.07) is 14.4. The molecule has 256 valence electrons. The van der Waals surface area contributed by atoms with Crippen LogP contribution in [0.3, 0.4) is 0 Å². The van der Waals surface area contributed by atoms with Crippen LogP contribution in [0.2, 0.25) is 0 Å². The van der Waals surface area contributed by atoms with Crippen LogP contribution in [-0.2, 0) is 39.7 Å². The molecule has 0 N–H and O–H groups in total. The Morgan fingerprint density at radius 2 is 1.53 bits per heavy atom. The van der Waals surface area contributed by atoms with E-state index in [4.69, 9.17) is 28.4 Å². The lowest BCUT2D eigenvalue weighted by atomic mass is 9.75. The Kier molecular flexibility index (Phi) is 14.5. The first-order chi connectivity index (χ1) is 22.8. The lowest BCUT2D eigenvalue weighted by molar-refractivity contribution is -0.215. The minimum Gasteiger partial charge on any atom is -0.490 e. The van der Waals surface area contributed by atoms with Crippen LogP contribution in [0.5, 0.6) is 5.75 Å². The van der Waals surface area contributed by atoms with E-state index in [2.05, 4.69) is 50.4 Å². The topological polar surface area (TPSA) is 89.5 Å². The van der Waals surface area contributed by atoms with E-state index in [-0.39, 0.29) is 19.8 Å².